The Kier molecular flexibility index (Phi) is 32.2. The third-order valence-electron chi connectivity index (χ3n) is 8.91. The Morgan fingerprint density at radius 1 is 0.694 bits per heavy atom. The van der Waals surface area contributed by atoms with Crippen LogP contribution in [0.15, 0.2) is 24.3 Å². The highest BCUT2D eigenvalue weighted by Crippen LogP contribution is 2.38. The van der Waals surface area contributed by atoms with Crippen molar-refractivity contribution < 1.29 is 32.9 Å². The van der Waals surface area contributed by atoms with E-state index in [9.17, 15) is 19.4 Å². The maximum Gasteiger partial charge on any atom is 0.268 e. The van der Waals surface area contributed by atoms with E-state index >= 15 is 0 Å². The third kappa shape index (κ3) is 35.2. The third-order valence-corrected chi connectivity index (χ3v) is 9.88. The average molecular weight is 715 g/mol. The van der Waals surface area contributed by atoms with Gasteiger partial charge in [0.15, 0.2) is 0 Å². The molecule has 290 valence electrons. The molecule has 0 aliphatic heterocycles. The van der Waals surface area contributed by atoms with Gasteiger partial charge in [0.25, 0.3) is 7.82 Å². The first kappa shape index (κ1) is 48.0. The van der Waals surface area contributed by atoms with Crippen LogP contribution >= 0.6 is 7.82 Å². The molecular formula is C40H79N2O6P. The largest absolute Gasteiger partial charge is 0.756 e. The summed E-state index contributed by atoms with van der Waals surface area (Å²) in [5.74, 6) is -0.208. The molecule has 0 saturated heterocycles. The van der Waals surface area contributed by atoms with E-state index in [-0.39, 0.29) is 19.1 Å². The Labute approximate surface area is 303 Å². The van der Waals surface area contributed by atoms with Gasteiger partial charge in [-0.05, 0) is 32.1 Å². The van der Waals surface area contributed by atoms with Crippen LogP contribution in [-0.4, -0.2) is 68.5 Å². The van der Waals surface area contributed by atoms with Crippen LogP contribution in [0.2, 0.25) is 0 Å². The van der Waals surface area contributed by atoms with Gasteiger partial charge in [-0.2, -0.15) is 0 Å². The molecule has 0 spiro atoms. The molecule has 0 rings (SSSR count). The van der Waals surface area contributed by atoms with Crippen molar-refractivity contribution in [1.29, 1.82) is 0 Å². The van der Waals surface area contributed by atoms with Gasteiger partial charge in [-0.3, -0.25) is 9.36 Å². The minimum atomic E-state index is -4.58. The quantitative estimate of drug-likeness (QED) is 0.0290. The van der Waals surface area contributed by atoms with Crippen LogP contribution in [0.3, 0.4) is 0 Å². The van der Waals surface area contributed by atoms with Crippen LogP contribution in [0.4, 0.5) is 0 Å². The number of carbonyl (C=O) groups is 1. The number of quaternary nitrogens is 1. The Bertz CT molecular complexity index is 860. The molecule has 49 heavy (non-hydrogen) atoms. The Balaban J connectivity index is 4.47. The topological polar surface area (TPSA) is 108 Å². The number of unbranched alkanes of at least 4 members (excludes halogenated alkanes) is 21. The monoisotopic (exact) mass is 715 g/mol. The summed E-state index contributed by atoms with van der Waals surface area (Å²) in [5.41, 5.74) is 0. The molecule has 9 heteroatoms. The number of carbonyl (C=O) groups excluding carboxylic acids is 1. The first-order chi connectivity index (χ1) is 23.5. The fraction of sp³-hybridized carbons (Fsp3) is 0.875. The first-order valence-electron chi connectivity index (χ1n) is 20.2. The summed E-state index contributed by atoms with van der Waals surface area (Å²) in [7, 11) is 1.24. The number of aliphatic hydroxyl groups excluding tert-OH is 1. The molecule has 0 bridgehead atoms. The molecule has 0 aromatic rings. The van der Waals surface area contributed by atoms with E-state index in [1.54, 1.807) is 6.08 Å². The second kappa shape index (κ2) is 32.9. The van der Waals surface area contributed by atoms with Crippen LogP contribution in [-0.2, 0) is 18.4 Å². The highest BCUT2D eigenvalue weighted by molar-refractivity contribution is 7.45. The molecule has 3 unspecified atom stereocenters. The standard InChI is InChI=1S/C40H79N2O6P/c1-6-8-10-12-14-16-18-19-20-21-22-24-26-28-30-32-34-40(44)41-38(37-48-49(45,46)47-36-35-42(3,4)5)39(43)33-31-29-27-25-23-17-15-13-11-9-7-2/h23,25,31,33,38-39,43H,6-22,24,26-30,32,34-37H2,1-5H3,(H-,41,44,45,46)/b25-23+,33-31+. The number of allylic oxidation sites excluding steroid dienone is 3. The van der Waals surface area contributed by atoms with Gasteiger partial charge >= 0.3 is 0 Å². The summed E-state index contributed by atoms with van der Waals surface area (Å²) in [6, 6.07) is -0.896. The van der Waals surface area contributed by atoms with Crippen LogP contribution in [0.1, 0.15) is 174 Å². The van der Waals surface area contributed by atoms with Gasteiger partial charge in [-0.15, -0.1) is 0 Å². The van der Waals surface area contributed by atoms with Crippen molar-refractivity contribution in [3.63, 3.8) is 0 Å². The van der Waals surface area contributed by atoms with Crippen molar-refractivity contribution in [3.05, 3.63) is 24.3 Å². The Morgan fingerprint density at radius 3 is 1.65 bits per heavy atom. The molecule has 0 aromatic heterocycles. The minimum absolute atomic E-state index is 0.00469. The second-order valence-corrected chi connectivity index (χ2v) is 16.4. The van der Waals surface area contributed by atoms with E-state index in [0.717, 1.165) is 38.5 Å². The van der Waals surface area contributed by atoms with Crippen molar-refractivity contribution in [2.75, 3.05) is 40.9 Å². The van der Waals surface area contributed by atoms with Crippen molar-refractivity contribution >= 4 is 13.7 Å². The van der Waals surface area contributed by atoms with Crippen molar-refractivity contribution in [2.45, 2.75) is 187 Å². The number of phosphoric ester groups is 1. The van der Waals surface area contributed by atoms with E-state index < -0.39 is 20.0 Å². The highest BCUT2D eigenvalue weighted by atomic mass is 31.2. The van der Waals surface area contributed by atoms with Gasteiger partial charge in [-0.1, -0.05) is 160 Å². The number of likely N-dealkylation sites (N-methyl/N-ethyl adjacent to an activating group) is 1. The van der Waals surface area contributed by atoms with E-state index in [0.29, 0.717) is 17.4 Å². The fourth-order valence-corrected chi connectivity index (χ4v) is 6.36. The molecule has 0 aliphatic carbocycles. The molecule has 8 nitrogen and oxygen atoms in total. The van der Waals surface area contributed by atoms with E-state index in [2.05, 4.69) is 31.3 Å². The highest BCUT2D eigenvalue weighted by Gasteiger charge is 2.23. The smallest absolute Gasteiger partial charge is 0.268 e. The molecule has 0 saturated carbocycles. The van der Waals surface area contributed by atoms with Gasteiger partial charge < -0.3 is 28.8 Å². The number of hydrogen-bond acceptors (Lipinski definition) is 6. The van der Waals surface area contributed by atoms with Gasteiger partial charge in [0.2, 0.25) is 5.91 Å². The number of nitrogens with zero attached hydrogens (tertiary/aromatic N) is 1. The zero-order valence-corrected chi connectivity index (χ0v) is 33.5. The molecule has 0 fully saturated rings. The number of hydrogen-bond donors (Lipinski definition) is 2. The SMILES string of the molecule is CCCCCCC/C=C/CC/C=C/C(O)C(COP(=O)([O-])OCC[N+](C)(C)C)NC(=O)CCCCCCCCCCCCCCCCCC. The molecule has 0 aromatic carbocycles. The average Bonchev–Trinajstić information content (AvgIpc) is 3.04. The molecular weight excluding hydrogens is 635 g/mol. The van der Waals surface area contributed by atoms with Crippen molar-refractivity contribution in [1.82, 2.24) is 5.32 Å². The first-order valence-corrected chi connectivity index (χ1v) is 21.7. The number of rotatable bonds is 36. The fourth-order valence-electron chi connectivity index (χ4n) is 5.64. The summed E-state index contributed by atoms with van der Waals surface area (Å²) in [6.45, 7) is 4.59. The summed E-state index contributed by atoms with van der Waals surface area (Å²) in [6.07, 6.45) is 36.5. The van der Waals surface area contributed by atoms with E-state index in [4.69, 9.17) is 9.05 Å². The van der Waals surface area contributed by atoms with Gasteiger partial charge in [0, 0.05) is 6.42 Å². The predicted octanol–water partition coefficient (Wildman–Crippen LogP) is 9.94. The lowest BCUT2D eigenvalue weighted by atomic mass is 10.0. The number of amides is 1. The van der Waals surface area contributed by atoms with Gasteiger partial charge in [-0.25, -0.2) is 0 Å². The Morgan fingerprint density at radius 2 is 1.14 bits per heavy atom. The number of phosphoric acid groups is 1. The summed E-state index contributed by atoms with van der Waals surface area (Å²) in [4.78, 5) is 25.2. The maximum atomic E-state index is 12.8. The lowest BCUT2D eigenvalue weighted by Gasteiger charge is -2.29. The summed E-state index contributed by atoms with van der Waals surface area (Å²) >= 11 is 0. The Hall–Kier alpha value is -1.02. The minimum Gasteiger partial charge on any atom is -0.756 e. The van der Waals surface area contributed by atoms with E-state index in [1.807, 2.05) is 27.2 Å². The van der Waals surface area contributed by atoms with Crippen LogP contribution in [0.25, 0.3) is 0 Å². The number of aliphatic hydroxyl groups is 1. The summed E-state index contributed by atoms with van der Waals surface area (Å²) in [5, 5.41) is 13.7. The molecule has 0 aliphatic rings. The van der Waals surface area contributed by atoms with Crippen LogP contribution in [0.5, 0.6) is 0 Å². The molecule has 1 amide bonds. The zero-order chi connectivity index (χ0) is 36.5. The van der Waals surface area contributed by atoms with Crippen molar-refractivity contribution in [3.8, 4) is 0 Å². The molecule has 0 radical (unpaired) electrons. The second-order valence-electron chi connectivity index (χ2n) is 15.0. The molecule has 2 N–H and O–H groups in total. The van der Waals surface area contributed by atoms with E-state index in [1.165, 1.54) is 116 Å². The van der Waals surface area contributed by atoms with Crippen LogP contribution in [0, 0.1) is 0 Å². The lowest BCUT2D eigenvalue weighted by molar-refractivity contribution is -0.870. The van der Waals surface area contributed by atoms with Crippen molar-refractivity contribution in [2.24, 2.45) is 0 Å². The zero-order valence-electron chi connectivity index (χ0n) is 32.6. The van der Waals surface area contributed by atoms with Gasteiger partial charge in [0.05, 0.1) is 39.9 Å². The number of nitrogens with one attached hydrogen (secondary N) is 1. The van der Waals surface area contributed by atoms with Gasteiger partial charge in [0.1, 0.15) is 13.2 Å². The predicted molar refractivity (Wildman–Crippen MR) is 205 cm³/mol. The van der Waals surface area contributed by atoms with Crippen LogP contribution < -0.4 is 10.2 Å². The molecule has 3 atom stereocenters. The maximum absolute atomic E-state index is 12.8. The normalized spacial score (nSPS) is 14.8. The lowest BCUT2D eigenvalue weighted by Crippen LogP contribution is -2.45. The summed E-state index contributed by atoms with van der Waals surface area (Å²) < 4.78 is 23.1. The molecule has 0 heterocycles.